The number of alkyl halides is 2. The van der Waals surface area contributed by atoms with Crippen LogP contribution in [0.5, 0.6) is 0 Å². The number of nitrogens with one attached hydrogen (secondary N) is 1. The molecule has 1 unspecified atom stereocenters. The standard InChI is InChI=1S/C15H15ClF2N2/c16-12-6-1-2-7-13(12)20-14(9-19)10-4-3-5-11(8-10)15(17)18/h1-8,14-15,20H,9,19H2. The molecule has 0 spiro atoms. The number of hydrogen-bond acceptors (Lipinski definition) is 2. The molecule has 5 heteroatoms. The molecule has 2 rings (SSSR count). The highest BCUT2D eigenvalue weighted by molar-refractivity contribution is 6.33. The summed E-state index contributed by atoms with van der Waals surface area (Å²) in [7, 11) is 0. The van der Waals surface area contributed by atoms with Crippen molar-refractivity contribution < 1.29 is 8.78 Å². The zero-order chi connectivity index (χ0) is 14.5. The Morgan fingerprint density at radius 3 is 2.40 bits per heavy atom. The molecule has 0 aromatic heterocycles. The summed E-state index contributed by atoms with van der Waals surface area (Å²) in [5.41, 5.74) is 7.17. The minimum atomic E-state index is -2.49. The third kappa shape index (κ3) is 3.46. The molecule has 0 aliphatic carbocycles. The van der Waals surface area contributed by atoms with Gasteiger partial charge in [-0.05, 0) is 23.8 Å². The van der Waals surface area contributed by atoms with Crippen LogP contribution in [0.2, 0.25) is 5.02 Å². The second-order valence-corrected chi connectivity index (χ2v) is 4.79. The Hall–Kier alpha value is -1.65. The van der Waals surface area contributed by atoms with Crippen LogP contribution >= 0.6 is 11.6 Å². The van der Waals surface area contributed by atoms with Gasteiger partial charge >= 0.3 is 0 Å². The van der Waals surface area contributed by atoms with Crippen molar-refractivity contribution in [1.29, 1.82) is 0 Å². The molecule has 0 fully saturated rings. The van der Waals surface area contributed by atoms with Gasteiger partial charge in [0.2, 0.25) is 0 Å². The molecule has 0 radical (unpaired) electrons. The van der Waals surface area contributed by atoms with Gasteiger partial charge in [-0.1, -0.05) is 41.9 Å². The fraction of sp³-hybridized carbons (Fsp3) is 0.200. The van der Waals surface area contributed by atoms with E-state index in [2.05, 4.69) is 5.32 Å². The van der Waals surface area contributed by atoms with Gasteiger partial charge in [0.1, 0.15) is 0 Å². The maximum atomic E-state index is 12.7. The third-order valence-corrected chi connectivity index (χ3v) is 3.33. The van der Waals surface area contributed by atoms with Crippen molar-refractivity contribution in [3.8, 4) is 0 Å². The molecular weight excluding hydrogens is 282 g/mol. The lowest BCUT2D eigenvalue weighted by Crippen LogP contribution is -2.20. The normalized spacial score (nSPS) is 12.4. The van der Waals surface area contributed by atoms with Gasteiger partial charge < -0.3 is 11.1 Å². The van der Waals surface area contributed by atoms with Crippen molar-refractivity contribution in [2.75, 3.05) is 11.9 Å². The summed E-state index contributed by atoms with van der Waals surface area (Å²) in [5.74, 6) is 0. The number of halogens is 3. The summed E-state index contributed by atoms with van der Waals surface area (Å²) < 4.78 is 25.5. The second-order valence-electron chi connectivity index (χ2n) is 4.38. The summed E-state index contributed by atoms with van der Waals surface area (Å²) in [4.78, 5) is 0. The van der Waals surface area contributed by atoms with E-state index in [1.54, 1.807) is 18.2 Å². The van der Waals surface area contributed by atoms with Crippen LogP contribution in [0, 0.1) is 0 Å². The molecule has 0 bridgehead atoms. The van der Waals surface area contributed by atoms with Gasteiger partial charge in [-0.15, -0.1) is 0 Å². The minimum absolute atomic E-state index is 0.0121. The molecule has 1 atom stereocenters. The molecule has 0 aliphatic rings. The van der Waals surface area contributed by atoms with Gasteiger partial charge in [-0.3, -0.25) is 0 Å². The summed E-state index contributed by atoms with van der Waals surface area (Å²) >= 11 is 6.07. The maximum absolute atomic E-state index is 12.7. The van der Waals surface area contributed by atoms with Gasteiger partial charge in [-0.2, -0.15) is 0 Å². The smallest absolute Gasteiger partial charge is 0.263 e. The lowest BCUT2D eigenvalue weighted by atomic mass is 10.0. The maximum Gasteiger partial charge on any atom is 0.263 e. The lowest BCUT2D eigenvalue weighted by Gasteiger charge is -2.20. The molecule has 0 saturated heterocycles. The van der Waals surface area contributed by atoms with Gasteiger partial charge in [0.05, 0.1) is 16.8 Å². The fourth-order valence-electron chi connectivity index (χ4n) is 1.96. The van der Waals surface area contributed by atoms with E-state index in [0.717, 1.165) is 5.69 Å². The highest BCUT2D eigenvalue weighted by Crippen LogP contribution is 2.27. The van der Waals surface area contributed by atoms with Crippen LogP contribution in [0.25, 0.3) is 0 Å². The van der Waals surface area contributed by atoms with Crippen LogP contribution in [0.3, 0.4) is 0 Å². The number of anilines is 1. The molecule has 2 aromatic rings. The summed E-state index contributed by atoms with van der Waals surface area (Å²) in [6.45, 7) is 0.276. The first-order valence-electron chi connectivity index (χ1n) is 6.21. The van der Waals surface area contributed by atoms with E-state index in [4.69, 9.17) is 17.3 Å². The topological polar surface area (TPSA) is 38.0 Å². The molecule has 0 heterocycles. The van der Waals surface area contributed by atoms with E-state index in [1.807, 2.05) is 18.2 Å². The van der Waals surface area contributed by atoms with Gasteiger partial charge in [0.15, 0.2) is 0 Å². The van der Waals surface area contributed by atoms with E-state index < -0.39 is 6.43 Å². The quantitative estimate of drug-likeness (QED) is 0.859. The van der Waals surface area contributed by atoms with Crippen LogP contribution in [-0.2, 0) is 0 Å². The number of rotatable bonds is 5. The van der Waals surface area contributed by atoms with Gasteiger partial charge in [-0.25, -0.2) is 8.78 Å². The Labute approximate surface area is 121 Å². The Bertz CT molecular complexity index is 575. The average Bonchev–Trinajstić information content (AvgIpc) is 2.46. The van der Waals surface area contributed by atoms with E-state index in [0.29, 0.717) is 10.6 Å². The van der Waals surface area contributed by atoms with Gasteiger partial charge in [0, 0.05) is 12.1 Å². The van der Waals surface area contributed by atoms with Crippen LogP contribution < -0.4 is 11.1 Å². The zero-order valence-corrected chi connectivity index (χ0v) is 11.4. The first-order valence-corrected chi connectivity index (χ1v) is 6.58. The van der Waals surface area contributed by atoms with Crippen molar-refractivity contribution in [3.05, 3.63) is 64.7 Å². The fourth-order valence-corrected chi connectivity index (χ4v) is 2.15. The Kier molecular flexibility index (Phi) is 4.93. The lowest BCUT2D eigenvalue weighted by molar-refractivity contribution is 0.151. The SMILES string of the molecule is NCC(Nc1ccccc1Cl)c1cccc(C(F)F)c1. The average molecular weight is 297 g/mol. The van der Waals surface area contributed by atoms with E-state index in [-0.39, 0.29) is 18.2 Å². The first kappa shape index (κ1) is 14.8. The third-order valence-electron chi connectivity index (χ3n) is 3.00. The molecule has 2 nitrogen and oxygen atoms in total. The molecule has 0 aliphatic heterocycles. The summed E-state index contributed by atoms with van der Waals surface area (Å²) in [5, 5.41) is 3.74. The Balaban J connectivity index is 2.24. The van der Waals surface area contributed by atoms with Crippen LogP contribution in [0.1, 0.15) is 23.6 Å². The minimum Gasteiger partial charge on any atom is -0.376 e. The van der Waals surface area contributed by atoms with Gasteiger partial charge in [0.25, 0.3) is 6.43 Å². The highest BCUT2D eigenvalue weighted by atomic mass is 35.5. The monoisotopic (exact) mass is 296 g/mol. The molecular formula is C15H15ClF2N2. The van der Waals surface area contributed by atoms with Crippen LogP contribution in [0.15, 0.2) is 48.5 Å². The second kappa shape index (κ2) is 6.68. The summed E-state index contributed by atoms with van der Waals surface area (Å²) in [6, 6.07) is 13.2. The number of para-hydroxylation sites is 1. The van der Waals surface area contributed by atoms with Crippen LogP contribution in [-0.4, -0.2) is 6.54 Å². The first-order chi connectivity index (χ1) is 9.61. The van der Waals surface area contributed by atoms with Crippen molar-refractivity contribution in [1.82, 2.24) is 0 Å². The van der Waals surface area contributed by atoms with E-state index in [9.17, 15) is 8.78 Å². The van der Waals surface area contributed by atoms with Crippen LogP contribution in [0.4, 0.5) is 14.5 Å². The van der Waals surface area contributed by atoms with Crippen molar-refractivity contribution in [2.45, 2.75) is 12.5 Å². The number of hydrogen-bond donors (Lipinski definition) is 2. The molecule has 20 heavy (non-hydrogen) atoms. The predicted molar refractivity (Wildman–Crippen MR) is 78.3 cm³/mol. The molecule has 106 valence electrons. The zero-order valence-electron chi connectivity index (χ0n) is 10.7. The number of nitrogens with two attached hydrogens (primary N) is 1. The highest BCUT2D eigenvalue weighted by Gasteiger charge is 2.14. The molecule has 3 N–H and O–H groups in total. The predicted octanol–water partition coefficient (Wildman–Crippen LogP) is 4.39. The molecule has 2 aromatic carbocycles. The molecule has 0 saturated carbocycles. The van der Waals surface area contributed by atoms with Crippen molar-refractivity contribution in [3.63, 3.8) is 0 Å². The van der Waals surface area contributed by atoms with E-state index in [1.165, 1.54) is 12.1 Å². The Morgan fingerprint density at radius 2 is 1.75 bits per heavy atom. The van der Waals surface area contributed by atoms with Crippen molar-refractivity contribution >= 4 is 17.3 Å². The van der Waals surface area contributed by atoms with E-state index >= 15 is 0 Å². The Morgan fingerprint density at radius 1 is 1.05 bits per heavy atom. The molecule has 0 amide bonds. The summed E-state index contributed by atoms with van der Waals surface area (Å²) in [6.07, 6.45) is -2.49. The van der Waals surface area contributed by atoms with Crippen molar-refractivity contribution in [2.24, 2.45) is 5.73 Å². The largest absolute Gasteiger partial charge is 0.376 e. The number of benzene rings is 2.